The van der Waals surface area contributed by atoms with Gasteiger partial charge in [0.05, 0.1) is 7.11 Å². The number of para-hydroxylation sites is 1. The molecule has 108 valence electrons. The molecule has 0 atom stereocenters. The van der Waals surface area contributed by atoms with Gasteiger partial charge >= 0.3 is 19.5 Å². The van der Waals surface area contributed by atoms with Gasteiger partial charge in [0, 0.05) is 5.56 Å². The Labute approximate surface area is 137 Å². The van der Waals surface area contributed by atoms with Gasteiger partial charge < -0.3 is 9.53 Å². The van der Waals surface area contributed by atoms with Crippen molar-refractivity contribution >= 4 is 5.78 Å². The zero-order valence-corrected chi connectivity index (χ0v) is 13.4. The number of hydrogen-bond donors (Lipinski definition) is 0. The van der Waals surface area contributed by atoms with Crippen LogP contribution in [0.25, 0.3) is 0 Å². The van der Waals surface area contributed by atoms with Crippen LogP contribution in [0.5, 0.6) is 5.75 Å². The van der Waals surface area contributed by atoms with E-state index in [0.29, 0.717) is 16.9 Å². The molecule has 0 heterocycles. The predicted octanol–water partition coefficient (Wildman–Crippen LogP) is 4.05. The maximum absolute atomic E-state index is 12.0. The summed E-state index contributed by atoms with van der Waals surface area (Å²) in [6, 6.07) is 24.5. The van der Waals surface area contributed by atoms with Crippen molar-refractivity contribution in [3.63, 3.8) is 0 Å². The van der Waals surface area contributed by atoms with E-state index in [-0.39, 0.29) is 25.3 Å². The van der Waals surface area contributed by atoms with Crippen LogP contribution in [-0.4, -0.2) is 12.9 Å². The summed E-state index contributed by atoms with van der Waals surface area (Å²) in [7, 11) is 1.57. The van der Waals surface area contributed by atoms with Crippen LogP contribution in [-0.2, 0) is 19.5 Å². The molecule has 0 bridgehead atoms. The molecular formula is C18H16O2Ru. The summed E-state index contributed by atoms with van der Waals surface area (Å²) in [6.45, 7) is 0. The van der Waals surface area contributed by atoms with Crippen LogP contribution >= 0.6 is 0 Å². The Balaban J connectivity index is 0.000000313. The van der Waals surface area contributed by atoms with Crippen molar-refractivity contribution in [1.82, 2.24) is 0 Å². The molecule has 0 aromatic heterocycles. The summed E-state index contributed by atoms with van der Waals surface area (Å²) in [5, 5.41) is 0. The molecule has 0 saturated carbocycles. The second-order valence-electron chi connectivity index (χ2n) is 4.17. The van der Waals surface area contributed by atoms with E-state index in [1.54, 1.807) is 31.4 Å². The monoisotopic (exact) mass is 366 g/mol. The smallest absolute Gasteiger partial charge is 0.497 e. The SMILES string of the molecule is COc1ccccc1C(=O)c1ccc[cH-]1.[Ru+2].c1cc[cH-]c1. The van der Waals surface area contributed by atoms with Crippen molar-refractivity contribution in [1.29, 1.82) is 0 Å². The molecule has 21 heavy (non-hydrogen) atoms. The largest absolute Gasteiger partial charge is 2.00 e. The van der Waals surface area contributed by atoms with E-state index < -0.39 is 0 Å². The second kappa shape index (κ2) is 9.04. The second-order valence-corrected chi connectivity index (χ2v) is 4.17. The third-order valence-corrected chi connectivity index (χ3v) is 2.83. The van der Waals surface area contributed by atoms with Gasteiger partial charge in [-0.2, -0.15) is 36.4 Å². The number of ether oxygens (including phenoxy) is 1. The van der Waals surface area contributed by atoms with Gasteiger partial charge in [-0.05, 0) is 6.07 Å². The number of ketones is 1. The van der Waals surface area contributed by atoms with Crippen LogP contribution in [0, 0.1) is 0 Å². The molecule has 0 saturated heterocycles. The number of benzene rings is 1. The van der Waals surface area contributed by atoms with Crippen LogP contribution in [0.4, 0.5) is 0 Å². The average Bonchev–Trinajstić information content (AvgIpc) is 3.21. The Bertz CT molecular complexity index is 608. The molecule has 0 fully saturated rings. The van der Waals surface area contributed by atoms with Gasteiger partial charge in [0.15, 0.2) is 0 Å². The molecule has 0 spiro atoms. The fraction of sp³-hybridized carbons (Fsp3) is 0.0556. The summed E-state index contributed by atoms with van der Waals surface area (Å²) < 4.78 is 5.14. The molecule has 0 amide bonds. The number of methoxy groups -OCH3 is 1. The minimum absolute atomic E-state index is 0. The summed E-state index contributed by atoms with van der Waals surface area (Å²) in [4.78, 5) is 12.0. The minimum Gasteiger partial charge on any atom is -0.497 e. The van der Waals surface area contributed by atoms with Gasteiger partial charge in [-0.3, -0.25) is 0 Å². The molecule has 0 aliphatic carbocycles. The fourth-order valence-electron chi connectivity index (χ4n) is 1.83. The number of carbonyl (C=O) groups excluding carboxylic acids is 1. The zero-order chi connectivity index (χ0) is 14.2. The quantitative estimate of drug-likeness (QED) is 0.398. The van der Waals surface area contributed by atoms with Crippen LogP contribution in [0.3, 0.4) is 0 Å². The van der Waals surface area contributed by atoms with E-state index in [9.17, 15) is 4.79 Å². The summed E-state index contributed by atoms with van der Waals surface area (Å²) in [6.07, 6.45) is 0. The van der Waals surface area contributed by atoms with E-state index >= 15 is 0 Å². The third kappa shape index (κ3) is 4.80. The van der Waals surface area contributed by atoms with Crippen molar-refractivity contribution in [2.24, 2.45) is 0 Å². The zero-order valence-electron chi connectivity index (χ0n) is 11.7. The Hall–Kier alpha value is -1.99. The van der Waals surface area contributed by atoms with Crippen LogP contribution in [0.15, 0.2) is 78.9 Å². The van der Waals surface area contributed by atoms with Crippen molar-refractivity contribution in [3.05, 3.63) is 90.0 Å². The molecule has 3 aromatic carbocycles. The van der Waals surface area contributed by atoms with Crippen LogP contribution < -0.4 is 4.74 Å². The molecular weight excluding hydrogens is 349 g/mol. The van der Waals surface area contributed by atoms with Gasteiger partial charge in [-0.1, -0.05) is 18.2 Å². The summed E-state index contributed by atoms with van der Waals surface area (Å²) in [5.41, 5.74) is 1.30. The van der Waals surface area contributed by atoms with Gasteiger partial charge in [0.1, 0.15) is 11.5 Å². The molecule has 0 radical (unpaired) electrons. The average molecular weight is 365 g/mol. The van der Waals surface area contributed by atoms with Crippen molar-refractivity contribution in [2.45, 2.75) is 0 Å². The molecule has 0 aliphatic rings. The molecule has 0 unspecified atom stereocenters. The van der Waals surface area contributed by atoms with Gasteiger partial charge in [0.25, 0.3) is 0 Å². The molecule has 3 rings (SSSR count). The van der Waals surface area contributed by atoms with Gasteiger partial charge in [0.2, 0.25) is 0 Å². The van der Waals surface area contributed by atoms with Crippen molar-refractivity contribution < 1.29 is 29.0 Å². The maximum Gasteiger partial charge on any atom is 2.00 e. The van der Waals surface area contributed by atoms with Crippen molar-refractivity contribution in [2.75, 3.05) is 7.11 Å². The van der Waals surface area contributed by atoms with E-state index in [1.165, 1.54) is 0 Å². The Kier molecular flexibility index (Phi) is 7.35. The van der Waals surface area contributed by atoms with E-state index in [1.807, 2.05) is 54.6 Å². The molecule has 3 heteroatoms. The fourth-order valence-corrected chi connectivity index (χ4v) is 1.83. The predicted molar refractivity (Wildman–Crippen MR) is 80.5 cm³/mol. The first kappa shape index (κ1) is 17.1. The minimum atomic E-state index is -0.00236. The van der Waals surface area contributed by atoms with Crippen molar-refractivity contribution in [3.8, 4) is 5.75 Å². The topological polar surface area (TPSA) is 26.3 Å². The first-order chi connectivity index (χ1) is 9.83. The van der Waals surface area contributed by atoms with Gasteiger partial charge in [-0.25, -0.2) is 12.1 Å². The Morgan fingerprint density at radius 3 is 2.19 bits per heavy atom. The van der Waals surface area contributed by atoms with E-state index in [4.69, 9.17) is 4.74 Å². The summed E-state index contributed by atoms with van der Waals surface area (Å²) in [5.74, 6) is 0.612. The Morgan fingerprint density at radius 2 is 1.67 bits per heavy atom. The molecule has 0 N–H and O–H groups in total. The van der Waals surface area contributed by atoms with Crippen LogP contribution in [0.2, 0.25) is 0 Å². The first-order valence-corrected chi connectivity index (χ1v) is 6.39. The molecule has 0 aliphatic heterocycles. The van der Waals surface area contributed by atoms with E-state index in [2.05, 4.69) is 0 Å². The van der Waals surface area contributed by atoms with Gasteiger partial charge in [-0.15, -0.1) is 11.6 Å². The maximum atomic E-state index is 12.0. The van der Waals surface area contributed by atoms with Crippen LogP contribution in [0.1, 0.15) is 15.9 Å². The standard InChI is InChI=1S/C13H11O2.C5H5.Ru/c1-15-12-9-5-4-8-11(12)13(14)10-6-2-3-7-10;1-2-4-5-3-1;/h2-9H,1H3;1-5H;/q2*-1;+2. The number of carbonyl (C=O) groups is 1. The third-order valence-electron chi connectivity index (χ3n) is 2.83. The molecule has 3 aromatic rings. The number of rotatable bonds is 3. The first-order valence-electron chi connectivity index (χ1n) is 6.39. The normalized spacial score (nSPS) is 9.00. The molecule has 2 nitrogen and oxygen atoms in total. The van der Waals surface area contributed by atoms with E-state index in [0.717, 1.165) is 0 Å². The Morgan fingerprint density at radius 1 is 0.952 bits per heavy atom. The summed E-state index contributed by atoms with van der Waals surface area (Å²) >= 11 is 0. The number of hydrogen-bond acceptors (Lipinski definition) is 2.